The van der Waals surface area contributed by atoms with Crippen LogP contribution in [0, 0.1) is 12.7 Å². The van der Waals surface area contributed by atoms with Gasteiger partial charge in [-0.2, -0.15) is 0 Å². The number of benzene rings is 1. The van der Waals surface area contributed by atoms with E-state index >= 15 is 0 Å². The van der Waals surface area contributed by atoms with Crippen LogP contribution in [0.2, 0.25) is 10.0 Å². The van der Waals surface area contributed by atoms with Crippen LogP contribution in [0.5, 0.6) is 0 Å². The van der Waals surface area contributed by atoms with E-state index in [0.717, 1.165) is 6.07 Å². The Labute approximate surface area is 141 Å². The second-order valence-corrected chi connectivity index (χ2v) is 5.30. The molecule has 0 aliphatic heterocycles. The van der Waals surface area contributed by atoms with E-state index in [1.54, 1.807) is 6.92 Å². The Morgan fingerprint density at radius 2 is 1.96 bits per heavy atom. The quantitative estimate of drug-likeness (QED) is 0.849. The van der Waals surface area contributed by atoms with E-state index in [4.69, 9.17) is 27.9 Å². The molecule has 0 aliphatic carbocycles. The highest BCUT2D eigenvalue weighted by Gasteiger charge is 2.15. The number of nitrogens with one attached hydrogen (secondary N) is 1. The van der Waals surface area contributed by atoms with Crippen LogP contribution in [0.25, 0.3) is 0 Å². The molecular weight excluding hydrogens is 346 g/mol. The van der Waals surface area contributed by atoms with Crippen molar-refractivity contribution in [3.8, 4) is 0 Å². The molecule has 0 radical (unpaired) electrons. The molecule has 0 bridgehead atoms. The fraction of sp³-hybridized carbons (Fsp3) is 0.133. The SMILES string of the molecule is Cc1nc(NC(=O)COC(=O)c2ccccc2F)c(Cl)cc1Cl. The number of carbonyl (C=O) groups excluding carboxylic acids is 2. The van der Waals surface area contributed by atoms with Crippen molar-refractivity contribution in [2.75, 3.05) is 11.9 Å². The lowest BCUT2D eigenvalue weighted by atomic mass is 10.2. The predicted octanol–water partition coefficient (Wildman–Crippen LogP) is 3.63. The standard InChI is InChI=1S/C15H11Cl2FN2O3/c1-8-10(16)6-11(17)14(19-8)20-13(21)7-23-15(22)9-4-2-3-5-12(9)18/h2-6H,7H2,1H3,(H,19,20,21). The molecule has 23 heavy (non-hydrogen) atoms. The van der Waals surface area contributed by atoms with Crippen molar-refractivity contribution in [2.24, 2.45) is 0 Å². The fourth-order valence-electron chi connectivity index (χ4n) is 1.65. The van der Waals surface area contributed by atoms with Crippen LogP contribution in [0.15, 0.2) is 30.3 Å². The summed E-state index contributed by atoms with van der Waals surface area (Å²) in [6.07, 6.45) is 0. The van der Waals surface area contributed by atoms with Gasteiger partial charge < -0.3 is 10.1 Å². The Morgan fingerprint density at radius 3 is 2.65 bits per heavy atom. The maximum atomic E-state index is 13.4. The van der Waals surface area contributed by atoms with Gasteiger partial charge in [0.2, 0.25) is 0 Å². The average molecular weight is 357 g/mol. The van der Waals surface area contributed by atoms with Crippen LogP contribution in [-0.4, -0.2) is 23.5 Å². The molecule has 2 aromatic rings. The highest BCUT2D eigenvalue weighted by molar-refractivity contribution is 6.36. The molecule has 0 atom stereocenters. The van der Waals surface area contributed by atoms with Crippen molar-refractivity contribution in [1.29, 1.82) is 0 Å². The van der Waals surface area contributed by atoms with E-state index < -0.39 is 24.3 Å². The van der Waals surface area contributed by atoms with Gasteiger partial charge in [-0.15, -0.1) is 0 Å². The summed E-state index contributed by atoms with van der Waals surface area (Å²) >= 11 is 11.7. The summed E-state index contributed by atoms with van der Waals surface area (Å²) in [5, 5.41) is 2.90. The Bertz CT molecular complexity index is 768. The average Bonchev–Trinajstić information content (AvgIpc) is 2.51. The largest absolute Gasteiger partial charge is 0.452 e. The lowest BCUT2D eigenvalue weighted by molar-refractivity contribution is -0.119. The van der Waals surface area contributed by atoms with Gasteiger partial charge in [0.15, 0.2) is 12.4 Å². The Morgan fingerprint density at radius 1 is 1.26 bits per heavy atom. The van der Waals surface area contributed by atoms with E-state index in [9.17, 15) is 14.0 Å². The molecule has 0 aliphatic rings. The number of anilines is 1. The van der Waals surface area contributed by atoms with E-state index in [0.29, 0.717) is 10.7 Å². The van der Waals surface area contributed by atoms with Crippen molar-refractivity contribution >= 4 is 40.9 Å². The lowest BCUT2D eigenvalue weighted by Gasteiger charge is -2.09. The topological polar surface area (TPSA) is 68.3 Å². The van der Waals surface area contributed by atoms with Gasteiger partial charge in [-0.3, -0.25) is 4.79 Å². The van der Waals surface area contributed by atoms with Crippen LogP contribution < -0.4 is 5.32 Å². The van der Waals surface area contributed by atoms with E-state index in [1.165, 1.54) is 24.3 Å². The smallest absolute Gasteiger partial charge is 0.341 e. The molecule has 1 aromatic carbocycles. The number of aromatic nitrogens is 1. The van der Waals surface area contributed by atoms with Gasteiger partial charge in [0.1, 0.15) is 5.82 Å². The van der Waals surface area contributed by atoms with Crippen molar-refractivity contribution in [1.82, 2.24) is 4.98 Å². The number of rotatable bonds is 4. The number of aryl methyl sites for hydroxylation is 1. The molecule has 8 heteroatoms. The zero-order chi connectivity index (χ0) is 17.0. The van der Waals surface area contributed by atoms with Crippen molar-refractivity contribution in [2.45, 2.75) is 6.92 Å². The highest BCUT2D eigenvalue weighted by atomic mass is 35.5. The number of nitrogens with zero attached hydrogens (tertiary/aromatic N) is 1. The van der Waals surface area contributed by atoms with Crippen LogP contribution in [0.1, 0.15) is 16.1 Å². The minimum atomic E-state index is -0.940. The van der Waals surface area contributed by atoms with Crippen LogP contribution in [0.3, 0.4) is 0 Å². The molecule has 120 valence electrons. The second kappa shape index (κ2) is 7.39. The van der Waals surface area contributed by atoms with Gasteiger partial charge in [-0.25, -0.2) is 14.2 Å². The summed E-state index contributed by atoms with van der Waals surface area (Å²) in [4.78, 5) is 27.5. The molecule has 0 saturated heterocycles. The van der Waals surface area contributed by atoms with Crippen LogP contribution in [-0.2, 0) is 9.53 Å². The molecule has 1 heterocycles. The predicted molar refractivity (Wildman–Crippen MR) is 84.3 cm³/mol. The summed E-state index contributed by atoms with van der Waals surface area (Å²) in [7, 11) is 0. The number of esters is 1. The Balaban J connectivity index is 1.97. The second-order valence-electron chi connectivity index (χ2n) is 4.49. The molecule has 1 aromatic heterocycles. The molecule has 5 nitrogen and oxygen atoms in total. The van der Waals surface area contributed by atoms with Crippen molar-refractivity contribution < 1.29 is 18.7 Å². The van der Waals surface area contributed by atoms with Gasteiger partial charge in [-0.05, 0) is 25.1 Å². The van der Waals surface area contributed by atoms with Gasteiger partial charge in [0.25, 0.3) is 5.91 Å². The van der Waals surface area contributed by atoms with Gasteiger partial charge in [-0.1, -0.05) is 35.3 Å². The molecule has 2 rings (SSSR count). The van der Waals surface area contributed by atoms with Gasteiger partial charge in [0.05, 0.1) is 21.3 Å². The summed E-state index contributed by atoms with van der Waals surface area (Å²) in [5.41, 5.74) is 0.230. The molecule has 0 unspecified atom stereocenters. The van der Waals surface area contributed by atoms with Crippen LogP contribution in [0.4, 0.5) is 10.2 Å². The number of pyridine rings is 1. The maximum Gasteiger partial charge on any atom is 0.341 e. The first kappa shape index (κ1) is 17.2. The number of hydrogen-bond donors (Lipinski definition) is 1. The summed E-state index contributed by atoms with van der Waals surface area (Å²) < 4.78 is 18.2. The van der Waals surface area contributed by atoms with Crippen molar-refractivity contribution in [3.05, 3.63) is 57.5 Å². The maximum absolute atomic E-state index is 13.4. The van der Waals surface area contributed by atoms with Crippen molar-refractivity contribution in [3.63, 3.8) is 0 Å². The Kier molecular flexibility index (Phi) is 5.52. The molecule has 1 amide bonds. The molecule has 0 saturated carbocycles. The molecule has 1 N–H and O–H groups in total. The van der Waals surface area contributed by atoms with E-state index in [1.807, 2.05) is 0 Å². The van der Waals surface area contributed by atoms with E-state index in [-0.39, 0.29) is 16.4 Å². The summed E-state index contributed by atoms with van der Waals surface area (Å²) in [6, 6.07) is 6.75. The van der Waals surface area contributed by atoms with E-state index in [2.05, 4.69) is 10.3 Å². The highest BCUT2D eigenvalue weighted by Crippen LogP contribution is 2.25. The number of ether oxygens (including phenoxy) is 1. The monoisotopic (exact) mass is 356 g/mol. The number of halogens is 3. The first-order valence-corrected chi connectivity index (χ1v) is 7.18. The summed E-state index contributed by atoms with van der Waals surface area (Å²) in [6.45, 7) is 1.04. The Hall–Kier alpha value is -2.18. The third-order valence-electron chi connectivity index (χ3n) is 2.79. The molecular formula is C15H11Cl2FN2O3. The van der Waals surface area contributed by atoms with Crippen LogP contribution >= 0.6 is 23.2 Å². The minimum Gasteiger partial charge on any atom is -0.452 e. The minimum absolute atomic E-state index is 0.0977. The third kappa shape index (κ3) is 4.40. The number of amides is 1. The zero-order valence-electron chi connectivity index (χ0n) is 11.9. The van der Waals surface area contributed by atoms with Gasteiger partial charge >= 0.3 is 5.97 Å². The number of hydrogen-bond acceptors (Lipinski definition) is 4. The fourth-order valence-corrected chi connectivity index (χ4v) is 2.06. The third-order valence-corrected chi connectivity index (χ3v) is 3.46. The number of carbonyl (C=O) groups is 2. The van der Waals surface area contributed by atoms with Gasteiger partial charge in [0, 0.05) is 0 Å². The first-order chi connectivity index (χ1) is 10.9. The first-order valence-electron chi connectivity index (χ1n) is 6.42. The lowest BCUT2D eigenvalue weighted by Crippen LogP contribution is -2.22. The summed E-state index contributed by atoms with van der Waals surface area (Å²) in [5.74, 6) is -2.23. The molecule has 0 fully saturated rings. The zero-order valence-corrected chi connectivity index (χ0v) is 13.4. The normalized spacial score (nSPS) is 10.3. The molecule has 0 spiro atoms.